The SMILES string of the molecule is BrCCCCC1c2ccccc2Cc2ccccc21. The summed E-state index contributed by atoms with van der Waals surface area (Å²) in [6.45, 7) is 0. The maximum Gasteiger partial charge on any atom is 0.00950 e. The van der Waals surface area contributed by atoms with Crippen LogP contribution < -0.4 is 0 Å². The van der Waals surface area contributed by atoms with Crippen LogP contribution in [0.2, 0.25) is 0 Å². The molecular formula is C18H19Br. The lowest BCUT2D eigenvalue weighted by atomic mass is 9.76. The molecule has 0 bridgehead atoms. The molecule has 0 saturated heterocycles. The van der Waals surface area contributed by atoms with E-state index >= 15 is 0 Å². The highest BCUT2D eigenvalue weighted by Gasteiger charge is 2.24. The van der Waals surface area contributed by atoms with Gasteiger partial charge in [-0.25, -0.2) is 0 Å². The minimum absolute atomic E-state index is 0.597. The van der Waals surface area contributed by atoms with Gasteiger partial charge in [-0.1, -0.05) is 70.9 Å². The van der Waals surface area contributed by atoms with Crippen molar-refractivity contribution in [1.82, 2.24) is 0 Å². The van der Waals surface area contributed by atoms with E-state index in [1.54, 1.807) is 11.1 Å². The molecule has 3 rings (SSSR count). The maximum absolute atomic E-state index is 3.54. The van der Waals surface area contributed by atoms with Crippen molar-refractivity contribution >= 4 is 15.9 Å². The number of alkyl halides is 1. The Bertz CT molecular complexity index is 514. The molecule has 0 aliphatic heterocycles. The summed E-state index contributed by atoms with van der Waals surface area (Å²) in [4.78, 5) is 0. The van der Waals surface area contributed by atoms with Crippen molar-refractivity contribution in [3.05, 3.63) is 70.8 Å². The first-order valence-corrected chi connectivity index (χ1v) is 8.24. The lowest BCUT2D eigenvalue weighted by Gasteiger charge is -2.28. The van der Waals surface area contributed by atoms with E-state index in [0.717, 1.165) is 11.8 Å². The number of benzene rings is 2. The molecule has 98 valence electrons. The highest BCUT2D eigenvalue weighted by molar-refractivity contribution is 9.09. The van der Waals surface area contributed by atoms with Crippen molar-refractivity contribution in [1.29, 1.82) is 0 Å². The Kier molecular flexibility index (Phi) is 4.03. The number of halogens is 1. The summed E-state index contributed by atoms with van der Waals surface area (Å²) in [5.74, 6) is 0.597. The largest absolute Gasteiger partial charge is 0.0928 e. The van der Waals surface area contributed by atoms with Gasteiger partial charge in [-0.05, 0) is 41.5 Å². The fourth-order valence-electron chi connectivity index (χ4n) is 3.20. The van der Waals surface area contributed by atoms with Crippen LogP contribution in [-0.2, 0) is 6.42 Å². The Labute approximate surface area is 124 Å². The molecule has 0 heterocycles. The van der Waals surface area contributed by atoms with Gasteiger partial charge in [-0.2, -0.15) is 0 Å². The third-order valence-corrected chi connectivity index (χ3v) is 4.68. The molecule has 0 radical (unpaired) electrons. The first-order valence-electron chi connectivity index (χ1n) is 7.11. The van der Waals surface area contributed by atoms with E-state index < -0.39 is 0 Å². The van der Waals surface area contributed by atoms with Crippen LogP contribution in [0.25, 0.3) is 0 Å². The van der Waals surface area contributed by atoms with Gasteiger partial charge in [-0.3, -0.25) is 0 Å². The van der Waals surface area contributed by atoms with Crippen LogP contribution in [0.4, 0.5) is 0 Å². The molecule has 0 fully saturated rings. The van der Waals surface area contributed by atoms with Crippen molar-refractivity contribution in [2.45, 2.75) is 31.6 Å². The molecule has 0 amide bonds. The lowest BCUT2D eigenvalue weighted by molar-refractivity contribution is 0.638. The number of hydrogen-bond donors (Lipinski definition) is 0. The Balaban J connectivity index is 1.96. The minimum Gasteiger partial charge on any atom is -0.0928 e. The smallest absolute Gasteiger partial charge is 0.00950 e. The molecule has 0 atom stereocenters. The summed E-state index contributed by atoms with van der Waals surface area (Å²) < 4.78 is 0. The van der Waals surface area contributed by atoms with E-state index in [1.165, 1.54) is 30.4 Å². The predicted octanol–water partition coefficient (Wildman–Crippen LogP) is 5.29. The Morgan fingerprint density at radius 3 is 2.00 bits per heavy atom. The summed E-state index contributed by atoms with van der Waals surface area (Å²) in [7, 11) is 0. The average Bonchev–Trinajstić information content (AvgIpc) is 2.46. The second kappa shape index (κ2) is 5.92. The molecule has 0 N–H and O–H groups in total. The van der Waals surface area contributed by atoms with E-state index in [1.807, 2.05) is 0 Å². The quantitative estimate of drug-likeness (QED) is 0.531. The molecule has 0 spiro atoms. The van der Waals surface area contributed by atoms with Gasteiger partial charge in [0, 0.05) is 11.2 Å². The number of unbranched alkanes of at least 4 members (excludes halogenated alkanes) is 1. The molecule has 0 saturated carbocycles. The van der Waals surface area contributed by atoms with E-state index in [2.05, 4.69) is 64.5 Å². The topological polar surface area (TPSA) is 0 Å². The maximum atomic E-state index is 3.54. The van der Waals surface area contributed by atoms with Gasteiger partial charge in [0.05, 0.1) is 0 Å². The van der Waals surface area contributed by atoms with Crippen LogP contribution in [0.5, 0.6) is 0 Å². The summed E-state index contributed by atoms with van der Waals surface area (Å²) in [5, 5.41) is 1.11. The van der Waals surface area contributed by atoms with E-state index in [-0.39, 0.29) is 0 Å². The van der Waals surface area contributed by atoms with Crippen LogP contribution in [0, 0.1) is 0 Å². The van der Waals surface area contributed by atoms with Gasteiger partial charge >= 0.3 is 0 Å². The third kappa shape index (κ3) is 2.62. The summed E-state index contributed by atoms with van der Waals surface area (Å²) in [6, 6.07) is 17.9. The fourth-order valence-corrected chi connectivity index (χ4v) is 3.59. The molecule has 0 aromatic heterocycles. The standard InChI is InChI=1S/C18H19Br/c19-12-6-5-11-18-16-9-3-1-7-14(16)13-15-8-2-4-10-17(15)18/h1-4,7-10,18H,5-6,11-13H2. The van der Waals surface area contributed by atoms with Crippen LogP contribution in [-0.4, -0.2) is 5.33 Å². The normalized spacial score (nSPS) is 13.9. The first kappa shape index (κ1) is 12.9. The summed E-state index contributed by atoms with van der Waals surface area (Å²) in [6.07, 6.45) is 4.92. The predicted molar refractivity (Wildman–Crippen MR) is 85.2 cm³/mol. The summed E-state index contributed by atoms with van der Waals surface area (Å²) >= 11 is 3.54. The third-order valence-electron chi connectivity index (χ3n) is 4.12. The molecule has 1 heteroatoms. The zero-order valence-electron chi connectivity index (χ0n) is 11.1. The summed E-state index contributed by atoms with van der Waals surface area (Å²) in [5.41, 5.74) is 6.14. The van der Waals surface area contributed by atoms with Crippen LogP contribution in [0.1, 0.15) is 47.4 Å². The van der Waals surface area contributed by atoms with Gasteiger partial charge in [0.1, 0.15) is 0 Å². The molecule has 0 nitrogen and oxygen atoms in total. The number of rotatable bonds is 4. The molecule has 2 aromatic carbocycles. The van der Waals surface area contributed by atoms with Gasteiger partial charge in [0.15, 0.2) is 0 Å². The molecule has 2 aromatic rings. The molecular weight excluding hydrogens is 296 g/mol. The minimum atomic E-state index is 0.597. The van der Waals surface area contributed by atoms with Crippen molar-refractivity contribution in [3.63, 3.8) is 0 Å². The molecule has 19 heavy (non-hydrogen) atoms. The zero-order chi connectivity index (χ0) is 13.1. The van der Waals surface area contributed by atoms with Gasteiger partial charge < -0.3 is 0 Å². The highest BCUT2D eigenvalue weighted by Crippen LogP contribution is 2.39. The molecule has 1 aliphatic carbocycles. The lowest BCUT2D eigenvalue weighted by Crippen LogP contribution is -2.13. The first-order chi connectivity index (χ1) is 9.40. The molecule has 0 unspecified atom stereocenters. The second-order valence-electron chi connectivity index (χ2n) is 5.31. The monoisotopic (exact) mass is 314 g/mol. The number of hydrogen-bond acceptors (Lipinski definition) is 0. The van der Waals surface area contributed by atoms with Gasteiger partial charge in [-0.15, -0.1) is 0 Å². The van der Waals surface area contributed by atoms with Crippen LogP contribution in [0.3, 0.4) is 0 Å². The van der Waals surface area contributed by atoms with E-state index in [0.29, 0.717) is 5.92 Å². The van der Waals surface area contributed by atoms with Gasteiger partial charge in [0.2, 0.25) is 0 Å². The van der Waals surface area contributed by atoms with Crippen molar-refractivity contribution in [3.8, 4) is 0 Å². The van der Waals surface area contributed by atoms with E-state index in [4.69, 9.17) is 0 Å². The fraction of sp³-hybridized carbons (Fsp3) is 0.333. The second-order valence-corrected chi connectivity index (χ2v) is 6.10. The van der Waals surface area contributed by atoms with Crippen molar-refractivity contribution in [2.24, 2.45) is 0 Å². The molecule has 1 aliphatic rings. The Morgan fingerprint density at radius 1 is 0.842 bits per heavy atom. The average molecular weight is 315 g/mol. The highest BCUT2D eigenvalue weighted by atomic mass is 79.9. The Morgan fingerprint density at radius 2 is 1.42 bits per heavy atom. The van der Waals surface area contributed by atoms with Gasteiger partial charge in [0.25, 0.3) is 0 Å². The van der Waals surface area contributed by atoms with Crippen LogP contribution in [0.15, 0.2) is 48.5 Å². The number of fused-ring (bicyclic) bond motifs is 2. The van der Waals surface area contributed by atoms with Crippen molar-refractivity contribution < 1.29 is 0 Å². The van der Waals surface area contributed by atoms with Crippen LogP contribution >= 0.6 is 15.9 Å². The van der Waals surface area contributed by atoms with E-state index in [9.17, 15) is 0 Å². The van der Waals surface area contributed by atoms with Crippen molar-refractivity contribution in [2.75, 3.05) is 5.33 Å². The Hall–Kier alpha value is -1.08. The zero-order valence-corrected chi connectivity index (χ0v) is 12.7.